The van der Waals surface area contributed by atoms with Crippen LogP contribution in [0, 0.1) is 0 Å². The summed E-state index contributed by atoms with van der Waals surface area (Å²) in [6.45, 7) is 3.58. The van der Waals surface area contributed by atoms with Crippen molar-refractivity contribution in [2.24, 2.45) is 0 Å². The van der Waals surface area contributed by atoms with E-state index in [1.807, 2.05) is 11.3 Å². The first-order chi connectivity index (χ1) is 8.36. The maximum absolute atomic E-state index is 3.57. The lowest BCUT2D eigenvalue weighted by atomic mass is 10.0. The molecule has 17 heavy (non-hydrogen) atoms. The second-order valence-electron chi connectivity index (χ2n) is 5.00. The summed E-state index contributed by atoms with van der Waals surface area (Å²) in [6, 6.07) is 5.18. The van der Waals surface area contributed by atoms with E-state index in [1.165, 1.54) is 50.1 Å². The predicted octanol–water partition coefficient (Wildman–Crippen LogP) is 2.75. The first-order valence-corrected chi connectivity index (χ1v) is 7.67. The van der Waals surface area contributed by atoms with E-state index >= 15 is 0 Å². The quantitative estimate of drug-likeness (QED) is 0.783. The second-order valence-corrected chi connectivity index (χ2v) is 6.03. The molecule has 1 N–H and O–H groups in total. The van der Waals surface area contributed by atoms with Crippen LogP contribution in [0.1, 0.15) is 30.6 Å². The zero-order valence-corrected chi connectivity index (χ0v) is 11.6. The molecule has 0 aliphatic carbocycles. The fourth-order valence-electron chi connectivity index (χ4n) is 2.57. The summed E-state index contributed by atoms with van der Waals surface area (Å²) in [5.41, 5.74) is 0. The molecule has 1 saturated heterocycles. The molecule has 0 radical (unpaired) electrons. The number of thiophene rings is 1. The SMILES string of the molecule is CN1CCCCC1CCNCCc1cccs1. The van der Waals surface area contributed by atoms with Gasteiger partial charge in [0, 0.05) is 10.9 Å². The van der Waals surface area contributed by atoms with E-state index in [1.54, 1.807) is 0 Å². The minimum atomic E-state index is 0.818. The van der Waals surface area contributed by atoms with Crippen molar-refractivity contribution in [3.8, 4) is 0 Å². The van der Waals surface area contributed by atoms with Crippen LogP contribution in [0.5, 0.6) is 0 Å². The molecule has 1 aromatic rings. The summed E-state index contributed by atoms with van der Waals surface area (Å²) >= 11 is 1.86. The zero-order chi connectivity index (χ0) is 11.9. The maximum atomic E-state index is 3.57. The Morgan fingerprint density at radius 2 is 2.35 bits per heavy atom. The van der Waals surface area contributed by atoms with Crippen molar-refractivity contribution in [3.63, 3.8) is 0 Å². The lowest BCUT2D eigenvalue weighted by Crippen LogP contribution is -2.38. The van der Waals surface area contributed by atoms with Gasteiger partial charge in [-0.2, -0.15) is 0 Å². The van der Waals surface area contributed by atoms with Gasteiger partial charge in [0.25, 0.3) is 0 Å². The van der Waals surface area contributed by atoms with E-state index in [0.717, 1.165) is 12.6 Å². The van der Waals surface area contributed by atoms with Crippen LogP contribution in [0.4, 0.5) is 0 Å². The van der Waals surface area contributed by atoms with Crippen LogP contribution in [0.25, 0.3) is 0 Å². The number of likely N-dealkylation sites (tertiary alicyclic amines) is 1. The van der Waals surface area contributed by atoms with Crippen molar-refractivity contribution in [2.45, 2.75) is 38.1 Å². The van der Waals surface area contributed by atoms with Gasteiger partial charge in [0.05, 0.1) is 0 Å². The first kappa shape index (κ1) is 13.1. The molecular formula is C14H24N2S. The van der Waals surface area contributed by atoms with E-state index < -0.39 is 0 Å². The topological polar surface area (TPSA) is 15.3 Å². The molecule has 2 heterocycles. The number of hydrogen-bond acceptors (Lipinski definition) is 3. The number of nitrogens with one attached hydrogen (secondary N) is 1. The highest BCUT2D eigenvalue weighted by atomic mass is 32.1. The Kier molecular flexibility index (Phi) is 5.49. The zero-order valence-electron chi connectivity index (χ0n) is 10.8. The summed E-state index contributed by atoms with van der Waals surface area (Å²) in [5.74, 6) is 0. The molecule has 0 aromatic carbocycles. The van der Waals surface area contributed by atoms with E-state index in [2.05, 4.69) is 34.8 Å². The standard InChI is InChI=1S/C14H24N2S/c1-16-11-3-2-5-13(16)7-9-15-10-8-14-6-4-12-17-14/h4,6,12-13,15H,2-3,5,7-11H2,1H3. The Morgan fingerprint density at radius 1 is 1.41 bits per heavy atom. The highest BCUT2D eigenvalue weighted by Gasteiger charge is 2.17. The summed E-state index contributed by atoms with van der Waals surface area (Å²) in [4.78, 5) is 4.03. The third-order valence-corrected chi connectivity index (χ3v) is 4.64. The molecule has 0 bridgehead atoms. The fourth-order valence-corrected chi connectivity index (χ4v) is 3.28. The van der Waals surface area contributed by atoms with Crippen molar-refractivity contribution in [1.29, 1.82) is 0 Å². The summed E-state index contributed by atoms with van der Waals surface area (Å²) < 4.78 is 0. The summed E-state index contributed by atoms with van der Waals surface area (Å²) in [5, 5.41) is 5.73. The Balaban J connectivity index is 1.53. The minimum absolute atomic E-state index is 0.818. The molecule has 0 spiro atoms. The Bertz CT molecular complexity index is 297. The van der Waals surface area contributed by atoms with E-state index in [0.29, 0.717) is 0 Å². The van der Waals surface area contributed by atoms with Crippen molar-refractivity contribution < 1.29 is 0 Å². The number of hydrogen-bond donors (Lipinski definition) is 1. The van der Waals surface area contributed by atoms with Crippen molar-refractivity contribution in [2.75, 3.05) is 26.7 Å². The molecular weight excluding hydrogens is 228 g/mol. The van der Waals surface area contributed by atoms with Crippen LogP contribution < -0.4 is 5.32 Å². The van der Waals surface area contributed by atoms with Crippen molar-refractivity contribution in [1.82, 2.24) is 10.2 Å². The van der Waals surface area contributed by atoms with Gasteiger partial charge in [0.15, 0.2) is 0 Å². The van der Waals surface area contributed by atoms with Crippen LogP contribution in [0.15, 0.2) is 17.5 Å². The van der Waals surface area contributed by atoms with Gasteiger partial charge in [-0.05, 0) is 63.8 Å². The van der Waals surface area contributed by atoms with Gasteiger partial charge in [0.2, 0.25) is 0 Å². The van der Waals surface area contributed by atoms with Crippen LogP contribution in [0.2, 0.25) is 0 Å². The van der Waals surface area contributed by atoms with Crippen molar-refractivity contribution in [3.05, 3.63) is 22.4 Å². The Morgan fingerprint density at radius 3 is 3.12 bits per heavy atom. The minimum Gasteiger partial charge on any atom is -0.316 e. The lowest BCUT2D eigenvalue weighted by molar-refractivity contribution is 0.175. The Labute approximate surface area is 109 Å². The fraction of sp³-hybridized carbons (Fsp3) is 0.714. The Hall–Kier alpha value is -0.380. The van der Waals surface area contributed by atoms with Crippen LogP contribution >= 0.6 is 11.3 Å². The molecule has 96 valence electrons. The second kappa shape index (κ2) is 7.14. The molecule has 2 rings (SSSR count). The van der Waals surface area contributed by atoms with Crippen molar-refractivity contribution >= 4 is 11.3 Å². The van der Waals surface area contributed by atoms with Gasteiger partial charge in [-0.3, -0.25) is 0 Å². The molecule has 0 saturated carbocycles. The van der Waals surface area contributed by atoms with Crippen LogP contribution in [-0.4, -0.2) is 37.6 Å². The predicted molar refractivity (Wildman–Crippen MR) is 75.8 cm³/mol. The average Bonchev–Trinajstić information content (AvgIpc) is 2.84. The molecule has 2 nitrogen and oxygen atoms in total. The third kappa shape index (κ3) is 4.41. The smallest absolute Gasteiger partial charge is 0.0104 e. The molecule has 1 aromatic heterocycles. The molecule has 0 amide bonds. The van der Waals surface area contributed by atoms with Gasteiger partial charge < -0.3 is 10.2 Å². The van der Waals surface area contributed by atoms with Gasteiger partial charge in [0.1, 0.15) is 0 Å². The van der Waals surface area contributed by atoms with Gasteiger partial charge in [-0.15, -0.1) is 11.3 Å². The van der Waals surface area contributed by atoms with Crippen LogP contribution in [0.3, 0.4) is 0 Å². The van der Waals surface area contributed by atoms with E-state index in [9.17, 15) is 0 Å². The van der Waals surface area contributed by atoms with Crippen LogP contribution in [-0.2, 0) is 6.42 Å². The molecule has 1 aliphatic rings. The highest BCUT2D eigenvalue weighted by molar-refractivity contribution is 7.09. The monoisotopic (exact) mass is 252 g/mol. The molecule has 1 aliphatic heterocycles. The summed E-state index contributed by atoms with van der Waals surface area (Å²) in [7, 11) is 2.27. The van der Waals surface area contributed by atoms with Gasteiger partial charge >= 0.3 is 0 Å². The normalized spacial score (nSPS) is 21.8. The summed E-state index contributed by atoms with van der Waals surface area (Å²) in [6.07, 6.45) is 6.69. The maximum Gasteiger partial charge on any atom is 0.0104 e. The average molecular weight is 252 g/mol. The number of piperidine rings is 1. The largest absolute Gasteiger partial charge is 0.316 e. The third-order valence-electron chi connectivity index (χ3n) is 3.70. The first-order valence-electron chi connectivity index (χ1n) is 6.79. The number of nitrogens with zero attached hydrogens (tertiary/aromatic N) is 1. The van der Waals surface area contributed by atoms with E-state index in [4.69, 9.17) is 0 Å². The van der Waals surface area contributed by atoms with Gasteiger partial charge in [-0.25, -0.2) is 0 Å². The number of rotatable bonds is 6. The van der Waals surface area contributed by atoms with Gasteiger partial charge in [-0.1, -0.05) is 12.5 Å². The molecule has 1 atom stereocenters. The lowest BCUT2D eigenvalue weighted by Gasteiger charge is -2.32. The molecule has 3 heteroatoms. The molecule has 1 unspecified atom stereocenters. The molecule has 1 fully saturated rings. The van der Waals surface area contributed by atoms with E-state index in [-0.39, 0.29) is 0 Å². The highest BCUT2D eigenvalue weighted by Crippen LogP contribution is 2.17.